The van der Waals surface area contributed by atoms with Crippen LogP contribution in [0, 0.1) is 23.0 Å². The molecular weight excluding hydrogens is 394 g/mol. The van der Waals surface area contributed by atoms with Gasteiger partial charge in [-0.15, -0.1) is 0 Å². The molecule has 8 nitrogen and oxygen atoms in total. The van der Waals surface area contributed by atoms with E-state index in [4.69, 9.17) is 0 Å². The molecule has 0 unspecified atom stereocenters. The summed E-state index contributed by atoms with van der Waals surface area (Å²) in [6.07, 6.45) is 6.59. The van der Waals surface area contributed by atoms with Gasteiger partial charge in [0.05, 0.1) is 9.82 Å². The molecule has 0 spiro atoms. The second-order valence-corrected chi connectivity index (χ2v) is 9.88. The average molecular weight is 424 g/mol. The molecule has 2 aliphatic heterocycles. The predicted molar refractivity (Wildman–Crippen MR) is 109 cm³/mol. The van der Waals surface area contributed by atoms with Gasteiger partial charge in [0.2, 0.25) is 15.9 Å². The molecule has 9 heteroatoms. The van der Waals surface area contributed by atoms with Crippen molar-refractivity contribution >= 4 is 21.6 Å². The Bertz CT molecular complexity index is 855. The van der Waals surface area contributed by atoms with Crippen molar-refractivity contribution in [3.05, 3.63) is 33.9 Å². The van der Waals surface area contributed by atoms with Crippen molar-refractivity contribution in [2.75, 3.05) is 26.2 Å². The van der Waals surface area contributed by atoms with E-state index in [9.17, 15) is 23.3 Å². The number of nitrogens with zero attached hydrogens (tertiary/aromatic N) is 3. The highest BCUT2D eigenvalue weighted by molar-refractivity contribution is 7.89. The van der Waals surface area contributed by atoms with Crippen LogP contribution in [0.4, 0.5) is 5.69 Å². The highest BCUT2D eigenvalue weighted by atomic mass is 32.2. The molecule has 1 amide bonds. The summed E-state index contributed by atoms with van der Waals surface area (Å²) < 4.78 is 27.5. The molecule has 2 aliphatic rings. The highest BCUT2D eigenvalue weighted by Crippen LogP contribution is 2.29. The lowest BCUT2D eigenvalue weighted by Crippen LogP contribution is -2.45. The van der Waals surface area contributed by atoms with Gasteiger partial charge in [0.25, 0.3) is 5.69 Å². The number of piperidine rings is 1. The molecule has 0 saturated carbocycles. The summed E-state index contributed by atoms with van der Waals surface area (Å²) in [4.78, 5) is 25.3. The number of likely N-dealkylation sites (tertiary alicyclic amines) is 1. The topological polar surface area (TPSA) is 101 Å². The number of aryl methyl sites for hydroxylation is 1. The van der Waals surface area contributed by atoms with E-state index in [1.807, 2.05) is 4.90 Å². The second-order valence-electron chi connectivity index (χ2n) is 7.98. The van der Waals surface area contributed by atoms with E-state index < -0.39 is 14.9 Å². The lowest BCUT2D eigenvalue weighted by molar-refractivity contribution is -0.385. The Morgan fingerprint density at radius 3 is 2.21 bits per heavy atom. The van der Waals surface area contributed by atoms with Gasteiger partial charge in [-0.2, -0.15) is 4.31 Å². The molecule has 0 radical (unpaired) electrons. The molecule has 0 N–H and O–H groups in total. The molecule has 0 aliphatic carbocycles. The maximum atomic E-state index is 13.1. The molecule has 0 atom stereocenters. The Morgan fingerprint density at radius 2 is 1.62 bits per heavy atom. The summed E-state index contributed by atoms with van der Waals surface area (Å²) in [5.74, 6) is 0.00237. The molecule has 2 fully saturated rings. The summed E-state index contributed by atoms with van der Waals surface area (Å²) in [5.41, 5.74) is 0.241. The first-order valence-electron chi connectivity index (χ1n) is 10.3. The molecule has 1 aromatic rings. The zero-order chi connectivity index (χ0) is 21.0. The smallest absolute Gasteiger partial charge is 0.270 e. The van der Waals surface area contributed by atoms with Crippen LogP contribution in [0.5, 0.6) is 0 Å². The number of nitro benzene ring substituents is 1. The minimum atomic E-state index is -3.83. The molecule has 160 valence electrons. The number of non-ortho nitro benzene ring substituents is 1. The first kappa shape index (κ1) is 21.7. The fraction of sp³-hybridized carbons (Fsp3) is 0.650. The SMILES string of the molecule is Cc1ccc([N+](=O)[O-])cc1S(=O)(=O)N1CCC(C(=O)N2CCCCCCC2)CC1. The third-order valence-corrected chi connectivity index (χ3v) is 8.01. The van der Waals surface area contributed by atoms with Crippen molar-refractivity contribution in [1.82, 2.24) is 9.21 Å². The number of carbonyl (C=O) groups excluding carboxylic acids is 1. The van der Waals surface area contributed by atoms with Crippen LogP contribution < -0.4 is 0 Å². The second kappa shape index (κ2) is 9.21. The van der Waals surface area contributed by atoms with Crippen molar-refractivity contribution in [1.29, 1.82) is 0 Å². The van der Waals surface area contributed by atoms with Gasteiger partial charge in [-0.1, -0.05) is 25.3 Å². The fourth-order valence-corrected chi connectivity index (χ4v) is 5.90. The lowest BCUT2D eigenvalue weighted by atomic mass is 9.95. The van der Waals surface area contributed by atoms with E-state index in [1.54, 1.807) is 6.92 Å². The monoisotopic (exact) mass is 423 g/mol. The largest absolute Gasteiger partial charge is 0.342 e. The number of sulfonamides is 1. The molecule has 2 saturated heterocycles. The Kier molecular flexibility index (Phi) is 6.89. The van der Waals surface area contributed by atoms with E-state index in [1.165, 1.54) is 22.9 Å². The maximum Gasteiger partial charge on any atom is 0.270 e. The van der Waals surface area contributed by atoms with Gasteiger partial charge < -0.3 is 4.90 Å². The number of carbonyl (C=O) groups is 1. The van der Waals surface area contributed by atoms with E-state index in [0.717, 1.165) is 44.8 Å². The van der Waals surface area contributed by atoms with Crippen LogP contribution in [0.2, 0.25) is 0 Å². The molecular formula is C20H29N3O5S. The molecule has 0 bridgehead atoms. The van der Waals surface area contributed by atoms with Crippen molar-refractivity contribution in [3.8, 4) is 0 Å². The first-order chi connectivity index (χ1) is 13.8. The van der Waals surface area contributed by atoms with Gasteiger partial charge >= 0.3 is 0 Å². The van der Waals surface area contributed by atoms with Crippen molar-refractivity contribution < 1.29 is 18.1 Å². The van der Waals surface area contributed by atoms with Crippen LogP contribution in [-0.4, -0.2) is 54.6 Å². The molecule has 2 heterocycles. The third kappa shape index (κ3) is 4.95. The quantitative estimate of drug-likeness (QED) is 0.547. The number of nitro groups is 1. The average Bonchev–Trinajstić information content (AvgIpc) is 2.67. The first-order valence-corrected chi connectivity index (χ1v) is 11.8. The van der Waals surface area contributed by atoms with Gasteiger partial charge in [0.15, 0.2) is 0 Å². The number of hydrogen-bond donors (Lipinski definition) is 0. The van der Waals surface area contributed by atoms with E-state index in [2.05, 4.69) is 0 Å². The summed E-state index contributed by atoms with van der Waals surface area (Å²) in [6.45, 7) is 3.74. The van der Waals surface area contributed by atoms with Crippen molar-refractivity contribution in [2.45, 2.75) is 56.8 Å². The van der Waals surface area contributed by atoms with Crippen LogP contribution in [0.15, 0.2) is 23.1 Å². The Hall–Kier alpha value is -2.00. The fourth-order valence-electron chi connectivity index (χ4n) is 4.19. The molecule has 3 rings (SSSR count). The van der Waals surface area contributed by atoms with Gasteiger partial charge in [-0.25, -0.2) is 8.42 Å². The standard InChI is InChI=1S/C20H29N3O5S/c1-16-7-8-18(23(25)26)15-19(16)29(27,28)22-13-9-17(10-14-22)20(24)21-11-5-3-2-4-6-12-21/h7-8,15,17H,2-6,9-14H2,1H3. The summed E-state index contributed by atoms with van der Waals surface area (Å²) in [6, 6.07) is 3.90. The van der Waals surface area contributed by atoms with E-state index in [-0.39, 0.29) is 35.5 Å². The van der Waals surface area contributed by atoms with E-state index in [0.29, 0.717) is 18.4 Å². The number of benzene rings is 1. The van der Waals surface area contributed by atoms with Crippen LogP contribution >= 0.6 is 0 Å². The summed E-state index contributed by atoms with van der Waals surface area (Å²) in [7, 11) is -3.83. The van der Waals surface area contributed by atoms with Crippen LogP contribution in [0.1, 0.15) is 50.5 Å². The van der Waals surface area contributed by atoms with Gasteiger partial charge in [0.1, 0.15) is 0 Å². The van der Waals surface area contributed by atoms with Gasteiger partial charge in [-0.05, 0) is 38.2 Å². The Morgan fingerprint density at radius 1 is 1.03 bits per heavy atom. The highest BCUT2D eigenvalue weighted by Gasteiger charge is 2.35. The number of rotatable bonds is 4. The van der Waals surface area contributed by atoms with Crippen LogP contribution in [0.3, 0.4) is 0 Å². The molecule has 1 aromatic carbocycles. The summed E-state index contributed by atoms with van der Waals surface area (Å²) in [5, 5.41) is 11.0. The van der Waals surface area contributed by atoms with Crippen LogP contribution in [0.25, 0.3) is 0 Å². The van der Waals surface area contributed by atoms with Crippen LogP contribution in [-0.2, 0) is 14.8 Å². The number of hydrogen-bond acceptors (Lipinski definition) is 5. The maximum absolute atomic E-state index is 13.1. The Labute approximate surface area is 172 Å². The molecule has 0 aromatic heterocycles. The predicted octanol–water partition coefficient (Wildman–Crippen LogP) is 3.10. The number of amides is 1. The normalized spacial score (nSPS) is 20.1. The molecule has 29 heavy (non-hydrogen) atoms. The van der Waals surface area contributed by atoms with Crippen molar-refractivity contribution in [3.63, 3.8) is 0 Å². The minimum absolute atomic E-state index is 0.0276. The summed E-state index contributed by atoms with van der Waals surface area (Å²) >= 11 is 0. The zero-order valence-corrected chi connectivity index (χ0v) is 17.7. The zero-order valence-electron chi connectivity index (χ0n) is 16.9. The van der Waals surface area contributed by atoms with Gasteiger partial charge in [0, 0.05) is 44.2 Å². The minimum Gasteiger partial charge on any atom is -0.342 e. The van der Waals surface area contributed by atoms with Crippen molar-refractivity contribution in [2.24, 2.45) is 5.92 Å². The van der Waals surface area contributed by atoms with Gasteiger partial charge in [-0.3, -0.25) is 14.9 Å². The lowest BCUT2D eigenvalue weighted by Gasteiger charge is -2.34. The van der Waals surface area contributed by atoms with E-state index >= 15 is 0 Å². The third-order valence-electron chi connectivity index (χ3n) is 5.97. The Balaban J connectivity index is 1.67.